The molecule has 1 atom stereocenters. The predicted molar refractivity (Wildman–Crippen MR) is 160 cm³/mol. The summed E-state index contributed by atoms with van der Waals surface area (Å²) in [5.41, 5.74) is 2.67. The first-order chi connectivity index (χ1) is 21.3. The fraction of sp³-hybridized carbons (Fsp3) is 0.321. The highest BCUT2D eigenvalue weighted by molar-refractivity contribution is 7.94. The number of carbonyl (C=O) groups excluding carboxylic acids is 1. The largest absolute Gasteiger partial charge is 0.496 e. The number of ether oxygens (including phenoxy) is 2. The third-order valence-electron chi connectivity index (χ3n) is 6.47. The van der Waals surface area contributed by atoms with Gasteiger partial charge in [-0.25, -0.2) is 13.2 Å². The number of sulfonamides is 1. The van der Waals surface area contributed by atoms with Gasteiger partial charge in [0.05, 0.1) is 37.8 Å². The summed E-state index contributed by atoms with van der Waals surface area (Å²) in [5.74, 6) is -2.10. The number of aryl methyl sites for hydroxylation is 1. The van der Waals surface area contributed by atoms with E-state index in [4.69, 9.17) is 19.4 Å². The maximum Gasteiger partial charge on any atom is 0.490 e. The van der Waals surface area contributed by atoms with Gasteiger partial charge in [0.1, 0.15) is 16.0 Å². The summed E-state index contributed by atoms with van der Waals surface area (Å²) >= 11 is 1.20. The number of aromatic nitrogens is 2. The normalized spacial score (nSPS) is 15.2. The van der Waals surface area contributed by atoms with Gasteiger partial charge in [0.15, 0.2) is 5.82 Å². The van der Waals surface area contributed by atoms with E-state index in [1.54, 1.807) is 30.0 Å². The van der Waals surface area contributed by atoms with Crippen LogP contribution in [0.5, 0.6) is 5.75 Å². The number of methoxy groups -OCH3 is 1. The van der Waals surface area contributed by atoms with Gasteiger partial charge in [0, 0.05) is 18.0 Å². The van der Waals surface area contributed by atoms with Gasteiger partial charge in [-0.15, -0.1) is 11.3 Å². The highest BCUT2D eigenvalue weighted by Crippen LogP contribution is 2.34. The van der Waals surface area contributed by atoms with Gasteiger partial charge in [-0.2, -0.15) is 18.3 Å². The van der Waals surface area contributed by atoms with Gasteiger partial charge in [-0.05, 0) is 42.3 Å². The van der Waals surface area contributed by atoms with Crippen molar-refractivity contribution in [1.29, 1.82) is 0 Å². The minimum absolute atomic E-state index is 0.0848. The van der Waals surface area contributed by atoms with Crippen molar-refractivity contribution in [1.82, 2.24) is 20.4 Å². The maximum atomic E-state index is 13.0. The van der Waals surface area contributed by atoms with Crippen LogP contribution >= 0.6 is 11.3 Å². The highest BCUT2D eigenvalue weighted by Gasteiger charge is 2.38. The molecule has 1 aliphatic heterocycles. The van der Waals surface area contributed by atoms with E-state index in [2.05, 4.69) is 20.5 Å². The molecule has 0 unspecified atom stereocenters. The summed E-state index contributed by atoms with van der Waals surface area (Å²) in [7, 11) is -2.26. The number of halogens is 3. The van der Waals surface area contributed by atoms with Crippen LogP contribution < -0.4 is 20.1 Å². The molecule has 1 aliphatic rings. The molecule has 0 saturated carbocycles. The number of carboxylic acids is 1. The maximum absolute atomic E-state index is 13.0. The van der Waals surface area contributed by atoms with Crippen LogP contribution in [0.15, 0.2) is 58.8 Å². The van der Waals surface area contributed by atoms with Crippen molar-refractivity contribution in [2.75, 3.05) is 31.6 Å². The summed E-state index contributed by atoms with van der Waals surface area (Å²) in [5, 5.41) is 18.4. The van der Waals surface area contributed by atoms with Gasteiger partial charge in [0.25, 0.3) is 10.0 Å². The number of nitrogens with zero attached hydrogens (tertiary/aromatic N) is 2. The van der Waals surface area contributed by atoms with Crippen molar-refractivity contribution >= 4 is 50.0 Å². The van der Waals surface area contributed by atoms with Crippen LogP contribution in [0.3, 0.4) is 0 Å². The Labute approximate surface area is 260 Å². The average molecular weight is 670 g/mol. The first kappa shape index (κ1) is 33.7. The van der Waals surface area contributed by atoms with E-state index in [9.17, 15) is 26.4 Å². The van der Waals surface area contributed by atoms with Crippen LogP contribution in [0.1, 0.15) is 16.0 Å². The number of rotatable bonds is 9. The number of thiophene rings is 1. The van der Waals surface area contributed by atoms with Crippen molar-refractivity contribution < 1.29 is 45.8 Å². The van der Waals surface area contributed by atoms with Crippen molar-refractivity contribution in [3.8, 4) is 5.75 Å². The molecule has 17 heteroatoms. The Morgan fingerprint density at radius 1 is 1.16 bits per heavy atom. The lowest BCUT2D eigenvalue weighted by molar-refractivity contribution is -0.192. The number of aliphatic carboxylic acids is 1. The standard InChI is InChI=1S/C26H29N5O5S2.C2HF3O2/c1-17-6-11-23(37-17)38(33,34)30-25-24-21(4-3-5-22(24)35-2)31(29-25)15-19-9-7-18(8-10-19)14-28-26(32)20-16-36-13-12-27-20;3-2(4,5)1(6)7/h3-11,20,27H,12-16H2,1-2H3,(H,28,32)(H,29,30);(H,6,7)/t20-;/m1./s1. The Morgan fingerprint density at radius 2 is 1.84 bits per heavy atom. The van der Waals surface area contributed by atoms with Gasteiger partial charge in [-0.3, -0.25) is 14.2 Å². The number of nitrogens with one attached hydrogen (secondary N) is 3. The first-order valence-electron chi connectivity index (χ1n) is 13.4. The third kappa shape index (κ3) is 8.72. The molecule has 12 nitrogen and oxygen atoms in total. The first-order valence-corrected chi connectivity index (χ1v) is 15.7. The lowest BCUT2D eigenvalue weighted by Crippen LogP contribution is -2.51. The number of hydrogen-bond donors (Lipinski definition) is 4. The van der Waals surface area contributed by atoms with Crippen LogP contribution in [0.25, 0.3) is 10.9 Å². The summed E-state index contributed by atoms with van der Waals surface area (Å²) in [6.45, 7) is 4.34. The summed E-state index contributed by atoms with van der Waals surface area (Å²) in [4.78, 5) is 22.1. The van der Waals surface area contributed by atoms with E-state index >= 15 is 0 Å². The second-order valence-corrected chi connectivity index (χ2v) is 12.9. The highest BCUT2D eigenvalue weighted by atomic mass is 32.2. The van der Waals surface area contributed by atoms with Gasteiger partial charge in [-0.1, -0.05) is 30.3 Å². The average Bonchev–Trinajstić information content (AvgIpc) is 3.60. The molecule has 0 bridgehead atoms. The molecule has 242 valence electrons. The van der Waals surface area contributed by atoms with Crippen LogP contribution in [-0.4, -0.2) is 74.3 Å². The molecule has 3 heterocycles. The number of alkyl halides is 3. The van der Waals surface area contributed by atoms with Gasteiger partial charge in [0.2, 0.25) is 5.91 Å². The van der Waals surface area contributed by atoms with Crippen LogP contribution in [0, 0.1) is 6.92 Å². The number of anilines is 1. The van der Waals surface area contributed by atoms with Crippen molar-refractivity contribution in [3.05, 3.63) is 70.6 Å². The van der Waals surface area contributed by atoms with E-state index in [0.29, 0.717) is 44.0 Å². The van der Waals surface area contributed by atoms with E-state index in [0.717, 1.165) is 21.5 Å². The molecule has 1 amide bonds. The summed E-state index contributed by atoms with van der Waals surface area (Å²) in [6.07, 6.45) is -5.08. The molecule has 5 rings (SSSR count). The fourth-order valence-corrected chi connectivity index (χ4v) is 6.57. The fourth-order valence-electron chi connectivity index (χ4n) is 4.28. The zero-order chi connectivity index (χ0) is 32.8. The molecule has 0 radical (unpaired) electrons. The lowest BCUT2D eigenvalue weighted by atomic mass is 10.1. The van der Waals surface area contributed by atoms with Crippen LogP contribution in [0.4, 0.5) is 19.0 Å². The van der Waals surface area contributed by atoms with Crippen molar-refractivity contribution in [3.63, 3.8) is 0 Å². The van der Waals surface area contributed by atoms with Crippen LogP contribution in [0.2, 0.25) is 0 Å². The Kier molecular flexibility index (Phi) is 10.7. The number of carbonyl (C=O) groups is 2. The quantitative estimate of drug-likeness (QED) is 0.209. The molecule has 4 aromatic rings. The third-order valence-corrected chi connectivity index (χ3v) is 9.31. The number of morpholine rings is 1. The monoisotopic (exact) mass is 669 g/mol. The molecule has 45 heavy (non-hydrogen) atoms. The molecular weight excluding hydrogens is 639 g/mol. The number of benzene rings is 2. The van der Waals surface area contributed by atoms with Crippen LogP contribution in [-0.2, 0) is 37.4 Å². The van der Waals surface area contributed by atoms with E-state index in [1.165, 1.54) is 11.3 Å². The molecular formula is C28H30F3N5O7S2. The Balaban J connectivity index is 0.000000591. The lowest BCUT2D eigenvalue weighted by Gasteiger charge is -2.22. The molecule has 1 fully saturated rings. The summed E-state index contributed by atoms with van der Waals surface area (Å²) < 4.78 is 73.3. The van der Waals surface area contributed by atoms with E-state index < -0.39 is 22.2 Å². The molecule has 4 N–H and O–H groups in total. The summed E-state index contributed by atoms with van der Waals surface area (Å²) in [6, 6.07) is 16.4. The van der Waals surface area contributed by atoms with E-state index in [-0.39, 0.29) is 22.0 Å². The minimum atomic E-state index is -5.08. The Bertz CT molecular complexity index is 1750. The zero-order valence-corrected chi connectivity index (χ0v) is 25.7. The molecule has 1 saturated heterocycles. The second kappa shape index (κ2) is 14.3. The smallest absolute Gasteiger partial charge is 0.490 e. The number of fused-ring (bicyclic) bond motifs is 1. The minimum Gasteiger partial charge on any atom is -0.496 e. The van der Waals surface area contributed by atoms with Crippen molar-refractivity contribution in [2.45, 2.75) is 36.4 Å². The number of amides is 1. The van der Waals surface area contributed by atoms with Gasteiger partial charge >= 0.3 is 12.1 Å². The molecule has 0 aliphatic carbocycles. The number of carboxylic acid groups (broad SMARTS) is 1. The Morgan fingerprint density at radius 3 is 2.42 bits per heavy atom. The SMILES string of the molecule is COc1cccc2c1c(NS(=O)(=O)c1ccc(C)s1)nn2Cc1ccc(CNC(=O)[C@H]2COCCN2)cc1.O=C(O)C(F)(F)F. The zero-order valence-electron chi connectivity index (χ0n) is 24.1. The number of hydrogen-bond acceptors (Lipinski definition) is 9. The second-order valence-electron chi connectivity index (χ2n) is 9.75. The topological polar surface area (TPSA) is 161 Å². The van der Waals surface area contributed by atoms with Gasteiger partial charge < -0.3 is 25.2 Å². The van der Waals surface area contributed by atoms with E-state index in [1.807, 2.05) is 43.3 Å². The molecule has 2 aromatic heterocycles. The molecule has 2 aromatic carbocycles. The molecule has 0 spiro atoms. The van der Waals surface area contributed by atoms with Crippen molar-refractivity contribution in [2.24, 2.45) is 0 Å². The predicted octanol–water partition coefficient (Wildman–Crippen LogP) is 3.50. The Hall–Kier alpha value is -4.19.